The molecule has 0 spiro atoms. The van der Waals surface area contributed by atoms with Crippen molar-refractivity contribution in [1.29, 1.82) is 0 Å². The van der Waals surface area contributed by atoms with Crippen LogP contribution in [0.4, 0.5) is 0 Å². The highest BCUT2D eigenvalue weighted by atomic mass is 15.2. The van der Waals surface area contributed by atoms with E-state index in [0.29, 0.717) is 11.4 Å². The average Bonchev–Trinajstić information content (AvgIpc) is 2.46. The van der Waals surface area contributed by atoms with E-state index >= 15 is 0 Å². The fraction of sp³-hybridized carbons (Fsp3) is 0. The molecule has 4 N–H and O–H groups in total. The molecule has 0 amide bonds. The van der Waals surface area contributed by atoms with Crippen LogP contribution in [0.1, 0.15) is 11.1 Å². The molecule has 0 aromatic heterocycles. The molecule has 0 fully saturated rings. The van der Waals surface area contributed by atoms with Crippen LogP contribution in [0, 0.1) is 0 Å². The molecular formula is C14H14N4. The highest BCUT2D eigenvalue weighted by Gasteiger charge is 2.13. The average molecular weight is 238 g/mol. The van der Waals surface area contributed by atoms with E-state index in [2.05, 4.69) is 10.2 Å². The van der Waals surface area contributed by atoms with Gasteiger partial charge in [0.1, 0.15) is 11.4 Å². The first-order valence-electron chi connectivity index (χ1n) is 5.53. The number of benzene rings is 2. The Morgan fingerprint density at radius 3 is 1.22 bits per heavy atom. The second-order valence-corrected chi connectivity index (χ2v) is 3.69. The summed E-state index contributed by atoms with van der Waals surface area (Å²) in [7, 11) is 0. The van der Waals surface area contributed by atoms with Crippen molar-refractivity contribution in [1.82, 2.24) is 0 Å². The number of hydrogen-bond acceptors (Lipinski definition) is 4. The normalized spacial score (nSPS) is 12.4. The van der Waals surface area contributed by atoms with Crippen LogP contribution in [0.3, 0.4) is 0 Å². The summed E-state index contributed by atoms with van der Waals surface area (Å²) < 4.78 is 0. The van der Waals surface area contributed by atoms with Crippen LogP contribution < -0.4 is 11.7 Å². The van der Waals surface area contributed by atoms with E-state index in [4.69, 9.17) is 11.7 Å². The molecule has 2 rings (SSSR count). The molecule has 0 atom stereocenters. The molecule has 0 aliphatic carbocycles. The van der Waals surface area contributed by atoms with Crippen LogP contribution >= 0.6 is 0 Å². The lowest BCUT2D eigenvalue weighted by atomic mass is 10.00. The maximum Gasteiger partial charge on any atom is 0.118 e. The molecule has 0 aliphatic rings. The van der Waals surface area contributed by atoms with Gasteiger partial charge in [-0.15, -0.1) is 0 Å². The van der Waals surface area contributed by atoms with Gasteiger partial charge in [0.05, 0.1) is 0 Å². The summed E-state index contributed by atoms with van der Waals surface area (Å²) in [6.45, 7) is 0. The summed E-state index contributed by atoms with van der Waals surface area (Å²) in [5.41, 5.74) is 2.91. The Labute approximate surface area is 106 Å². The van der Waals surface area contributed by atoms with Gasteiger partial charge >= 0.3 is 0 Å². The maximum atomic E-state index is 5.47. The van der Waals surface area contributed by atoms with Crippen molar-refractivity contribution < 1.29 is 0 Å². The fourth-order valence-electron chi connectivity index (χ4n) is 1.74. The topological polar surface area (TPSA) is 76.8 Å². The highest BCUT2D eigenvalue weighted by Crippen LogP contribution is 2.09. The minimum absolute atomic E-state index is 0.573. The van der Waals surface area contributed by atoms with Gasteiger partial charge in [-0.1, -0.05) is 60.7 Å². The molecule has 0 bridgehead atoms. The van der Waals surface area contributed by atoms with Gasteiger partial charge in [-0.2, -0.15) is 10.2 Å². The molecule has 2 aromatic rings. The summed E-state index contributed by atoms with van der Waals surface area (Å²) >= 11 is 0. The van der Waals surface area contributed by atoms with Gasteiger partial charge in [-0.3, -0.25) is 0 Å². The molecule has 2 aromatic carbocycles. The van der Waals surface area contributed by atoms with Crippen molar-refractivity contribution in [2.45, 2.75) is 0 Å². The van der Waals surface area contributed by atoms with E-state index in [1.807, 2.05) is 60.7 Å². The Hall–Kier alpha value is -2.62. The van der Waals surface area contributed by atoms with Crippen LogP contribution in [-0.2, 0) is 0 Å². The summed E-state index contributed by atoms with van der Waals surface area (Å²) in [6, 6.07) is 19.2. The lowest BCUT2D eigenvalue weighted by Crippen LogP contribution is -2.20. The lowest BCUT2D eigenvalue weighted by Gasteiger charge is -2.08. The molecule has 0 saturated carbocycles. The van der Waals surface area contributed by atoms with Crippen molar-refractivity contribution >= 4 is 11.4 Å². The Balaban J connectivity index is 2.45. The Morgan fingerprint density at radius 1 is 0.611 bits per heavy atom. The summed E-state index contributed by atoms with van der Waals surface area (Å²) in [4.78, 5) is 0. The molecule has 0 unspecified atom stereocenters. The van der Waals surface area contributed by atoms with Crippen LogP contribution in [0.15, 0.2) is 70.9 Å². The second kappa shape index (κ2) is 5.63. The molecule has 18 heavy (non-hydrogen) atoms. The summed E-state index contributed by atoms with van der Waals surface area (Å²) in [5, 5.41) is 7.62. The first-order valence-corrected chi connectivity index (χ1v) is 5.53. The molecule has 4 heteroatoms. The van der Waals surface area contributed by atoms with E-state index in [9.17, 15) is 0 Å². The zero-order chi connectivity index (χ0) is 12.8. The van der Waals surface area contributed by atoms with Gasteiger partial charge in [0.15, 0.2) is 0 Å². The lowest BCUT2D eigenvalue weighted by molar-refractivity contribution is 1.23. The maximum absolute atomic E-state index is 5.47. The number of rotatable bonds is 3. The van der Waals surface area contributed by atoms with Crippen molar-refractivity contribution in [3.05, 3.63) is 71.8 Å². The van der Waals surface area contributed by atoms with Crippen molar-refractivity contribution in [2.75, 3.05) is 0 Å². The molecule has 0 heterocycles. The van der Waals surface area contributed by atoms with Crippen molar-refractivity contribution in [3.63, 3.8) is 0 Å². The van der Waals surface area contributed by atoms with E-state index in [0.717, 1.165) is 11.1 Å². The fourth-order valence-corrected chi connectivity index (χ4v) is 1.74. The van der Waals surface area contributed by atoms with Gasteiger partial charge in [0, 0.05) is 11.1 Å². The number of nitrogens with zero attached hydrogens (tertiary/aromatic N) is 2. The largest absolute Gasteiger partial charge is 0.323 e. The third-order valence-electron chi connectivity index (χ3n) is 2.58. The van der Waals surface area contributed by atoms with Gasteiger partial charge in [-0.05, 0) is 0 Å². The monoisotopic (exact) mass is 238 g/mol. The quantitative estimate of drug-likeness (QED) is 0.485. The van der Waals surface area contributed by atoms with Crippen molar-refractivity contribution in [2.24, 2.45) is 21.9 Å². The van der Waals surface area contributed by atoms with Crippen molar-refractivity contribution in [3.8, 4) is 0 Å². The van der Waals surface area contributed by atoms with E-state index in [1.165, 1.54) is 0 Å². The smallest absolute Gasteiger partial charge is 0.118 e. The first-order chi connectivity index (χ1) is 8.86. The predicted molar refractivity (Wildman–Crippen MR) is 74.3 cm³/mol. The Morgan fingerprint density at radius 2 is 0.944 bits per heavy atom. The van der Waals surface area contributed by atoms with Gasteiger partial charge in [-0.25, -0.2) is 0 Å². The second-order valence-electron chi connectivity index (χ2n) is 3.69. The Kier molecular flexibility index (Phi) is 3.71. The summed E-state index contributed by atoms with van der Waals surface area (Å²) in [5.74, 6) is 10.9. The van der Waals surface area contributed by atoms with Gasteiger partial charge < -0.3 is 11.7 Å². The first kappa shape index (κ1) is 11.9. The molecule has 0 aliphatic heterocycles. The third kappa shape index (κ3) is 2.38. The van der Waals surface area contributed by atoms with Crippen LogP contribution in [-0.4, -0.2) is 11.4 Å². The van der Waals surface area contributed by atoms with Crippen LogP contribution in [0.25, 0.3) is 0 Å². The van der Waals surface area contributed by atoms with Crippen LogP contribution in [0.2, 0.25) is 0 Å². The minimum atomic E-state index is 0.573. The SMILES string of the molecule is NN=C(C(=NN)c1ccccc1)c1ccccc1. The zero-order valence-corrected chi connectivity index (χ0v) is 9.82. The highest BCUT2D eigenvalue weighted by molar-refractivity contribution is 6.53. The summed E-state index contributed by atoms with van der Waals surface area (Å²) in [6.07, 6.45) is 0. The molecule has 0 saturated heterocycles. The standard InChI is InChI=1S/C14H14N4/c15-17-13(11-7-3-1-4-8-11)14(18-16)12-9-5-2-6-10-12/h1-10H,15-16H2. The number of hydrazone groups is 2. The molecule has 0 radical (unpaired) electrons. The minimum Gasteiger partial charge on any atom is -0.323 e. The Bertz CT molecular complexity index is 505. The van der Waals surface area contributed by atoms with Crippen LogP contribution in [0.5, 0.6) is 0 Å². The van der Waals surface area contributed by atoms with E-state index in [-0.39, 0.29) is 0 Å². The number of hydrogen-bond donors (Lipinski definition) is 2. The molecule has 4 nitrogen and oxygen atoms in total. The molecule has 90 valence electrons. The predicted octanol–water partition coefficient (Wildman–Crippen LogP) is 1.71. The zero-order valence-electron chi connectivity index (χ0n) is 9.82. The van der Waals surface area contributed by atoms with E-state index in [1.54, 1.807) is 0 Å². The van der Waals surface area contributed by atoms with Gasteiger partial charge in [0.25, 0.3) is 0 Å². The third-order valence-corrected chi connectivity index (χ3v) is 2.58. The van der Waals surface area contributed by atoms with E-state index < -0.39 is 0 Å². The van der Waals surface area contributed by atoms with Gasteiger partial charge in [0.2, 0.25) is 0 Å². The molecular weight excluding hydrogens is 224 g/mol. The number of nitrogens with two attached hydrogens (primary N) is 2.